The van der Waals surface area contributed by atoms with E-state index < -0.39 is 16.7 Å². The van der Waals surface area contributed by atoms with E-state index in [0.29, 0.717) is 22.5 Å². The molecule has 8 heteroatoms. The molecule has 0 saturated carbocycles. The summed E-state index contributed by atoms with van der Waals surface area (Å²) in [4.78, 5) is 37.3. The number of primary amides is 1. The first-order valence-corrected chi connectivity index (χ1v) is 9.12. The summed E-state index contributed by atoms with van der Waals surface area (Å²) in [6, 6.07) is 9.22. The molecule has 28 heavy (non-hydrogen) atoms. The Bertz CT molecular complexity index is 936. The van der Waals surface area contributed by atoms with E-state index in [9.17, 15) is 19.7 Å². The van der Waals surface area contributed by atoms with Crippen molar-refractivity contribution in [1.29, 1.82) is 0 Å². The number of nitrogens with zero attached hydrogens (tertiary/aromatic N) is 2. The highest BCUT2D eigenvalue weighted by Crippen LogP contribution is 2.29. The Balaban J connectivity index is 1.98. The van der Waals surface area contributed by atoms with Gasteiger partial charge in [-0.3, -0.25) is 19.7 Å². The van der Waals surface area contributed by atoms with Crippen molar-refractivity contribution in [1.82, 2.24) is 0 Å². The number of carbonyl (C=O) groups excluding carboxylic acids is 2. The van der Waals surface area contributed by atoms with Crippen molar-refractivity contribution in [3.63, 3.8) is 0 Å². The Morgan fingerprint density at radius 1 is 1.11 bits per heavy atom. The summed E-state index contributed by atoms with van der Waals surface area (Å²) >= 11 is 0. The fourth-order valence-electron chi connectivity index (χ4n) is 3.46. The molecule has 1 heterocycles. The predicted octanol–water partition coefficient (Wildman–Crippen LogP) is 3.24. The zero-order valence-electron chi connectivity index (χ0n) is 15.6. The zero-order valence-corrected chi connectivity index (χ0v) is 15.6. The van der Waals surface area contributed by atoms with Crippen LogP contribution in [0.5, 0.6) is 0 Å². The van der Waals surface area contributed by atoms with Crippen LogP contribution in [0.25, 0.3) is 0 Å². The molecule has 0 aliphatic carbocycles. The van der Waals surface area contributed by atoms with Crippen LogP contribution < -0.4 is 16.0 Å². The normalized spacial score (nSPS) is 13.8. The summed E-state index contributed by atoms with van der Waals surface area (Å²) in [5, 5.41) is 14.0. The van der Waals surface area contributed by atoms with Gasteiger partial charge in [0.05, 0.1) is 16.2 Å². The molecule has 146 valence electrons. The second kappa shape index (κ2) is 8.08. The molecule has 1 saturated heterocycles. The van der Waals surface area contributed by atoms with Gasteiger partial charge in [-0.25, -0.2) is 0 Å². The van der Waals surface area contributed by atoms with Gasteiger partial charge in [-0.2, -0.15) is 0 Å². The third kappa shape index (κ3) is 3.95. The third-order valence-corrected chi connectivity index (χ3v) is 4.98. The minimum absolute atomic E-state index is 0.145. The highest BCUT2D eigenvalue weighted by atomic mass is 16.6. The SMILES string of the molecule is Cc1c(NC(=O)c2cc([N+](=O)[O-])ccc2N2CCCCC2)cccc1C(N)=O. The second-order valence-corrected chi connectivity index (χ2v) is 6.80. The number of piperidine rings is 1. The van der Waals surface area contributed by atoms with Crippen LogP contribution in [0.1, 0.15) is 45.5 Å². The molecular weight excluding hydrogens is 360 g/mol. The maximum Gasteiger partial charge on any atom is 0.270 e. The quantitative estimate of drug-likeness (QED) is 0.608. The van der Waals surface area contributed by atoms with Gasteiger partial charge in [0, 0.05) is 36.5 Å². The fourth-order valence-corrected chi connectivity index (χ4v) is 3.46. The Morgan fingerprint density at radius 3 is 2.46 bits per heavy atom. The highest BCUT2D eigenvalue weighted by molar-refractivity contribution is 6.09. The first-order valence-electron chi connectivity index (χ1n) is 9.12. The van der Waals surface area contributed by atoms with Crippen molar-refractivity contribution in [3.8, 4) is 0 Å². The van der Waals surface area contributed by atoms with Gasteiger partial charge in [-0.15, -0.1) is 0 Å². The monoisotopic (exact) mass is 382 g/mol. The van der Waals surface area contributed by atoms with Crippen molar-refractivity contribution in [2.24, 2.45) is 5.73 Å². The van der Waals surface area contributed by atoms with Crippen molar-refractivity contribution >= 4 is 28.9 Å². The molecule has 2 aromatic carbocycles. The lowest BCUT2D eigenvalue weighted by molar-refractivity contribution is -0.384. The van der Waals surface area contributed by atoms with Gasteiger partial charge in [0.25, 0.3) is 11.6 Å². The standard InChI is InChI=1S/C20H22N4O4/c1-13-15(19(21)25)6-5-7-17(13)22-20(26)16-12-14(24(27)28)8-9-18(16)23-10-3-2-4-11-23/h5-9,12H,2-4,10-11H2,1H3,(H2,21,25)(H,22,26). The lowest BCUT2D eigenvalue weighted by atomic mass is 10.0. The number of nitrogens with two attached hydrogens (primary N) is 1. The molecule has 0 unspecified atom stereocenters. The Labute approximate surface area is 162 Å². The number of non-ortho nitro benzene ring substituents is 1. The first kappa shape index (κ1) is 19.3. The maximum atomic E-state index is 13.0. The molecule has 1 fully saturated rings. The van der Waals surface area contributed by atoms with Crippen LogP contribution in [0.15, 0.2) is 36.4 Å². The second-order valence-electron chi connectivity index (χ2n) is 6.80. The lowest BCUT2D eigenvalue weighted by Crippen LogP contribution is -2.31. The van der Waals surface area contributed by atoms with E-state index in [-0.39, 0.29) is 11.3 Å². The van der Waals surface area contributed by atoms with E-state index in [4.69, 9.17) is 5.73 Å². The molecular formula is C20H22N4O4. The third-order valence-electron chi connectivity index (χ3n) is 4.98. The first-order chi connectivity index (χ1) is 13.4. The van der Waals surface area contributed by atoms with Crippen LogP contribution >= 0.6 is 0 Å². The van der Waals surface area contributed by atoms with Gasteiger partial charge < -0.3 is 16.0 Å². The predicted molar refractivity (Wildman–Crippen MR) is 107 cm³/mol. The van der Waals surface area contributed by atoms with Gasteiger partial charge in [0.1, 0.15) is 0 Å². The molecule has 1 aliphatic rings. The molecule has 2 aromatic rings. The number of benzene rings is 2. The van der Waals surface area contributed by atoms with E-state index in [1.54, 1.807) is 31.2 Å². The molecule has 3 rings (SSSR count). The van der Waals surface area contributed by atoms with Crippen molar-refractivity contribution in [2.45, 2.75) is 26.2 Å². The van der Waals surface area contributed by atoms with Crippen molar-refractivity contribution in [2.75, 3.05) is 23.3 Å². The molecule has 0 atom stereocenters. The van der Waals surface area contributed by atoms with Crippen LogP contribution in [0, 0.1) is 17.0 Å². The molecule has 2 amide bonds. The van der Waals surface area contributed by atoms with Gasteiger partial charge in [0.2, 0.25) is 5.91 Å². The van der Waals surface area contributed by atoms with Crippen LogP contribution in [0.4, 0.5) is 17.1 Å². The number of anilines is 2. The van der Waals surface area contributed by atoms with E-state index in [2.05, 4.69) is 10.2 Å². The smallest absolute Gasteiger partial charge is 0.270 e. The van der Waals surface area contributed by atoms with Gasteiger partial charge in [0.15, 0.2) is 0 Å². The molecule has 0 radical (unpaired) electrons. The summed E-state index contributed by atoms with van der Waals surface area (Å²) < 4.78 is 0. The number of hydrogen-bond donors (Lipinski definition) is 2. The van der Waals surface area contributed by atoms with E-state index in [1.165, 1.54) is 12.1 Å². The van der Waals surface area contributed by atoms with E-state index in [1.807, 2.05) is 0 Å². The number of rotatable bonds is 5. The zero-order chi connectivity index (χ0) is 20.3. The highest BCUT2D eigenvalue weighted by Gasteiger charge is 2.22. The Kier molecular flexibility index (Phi) is 5.58. The molecule has 3 N–H and O–H groups in total. The molecule has 0 aromatic heterocycles. The molecule has 0 bridgehead atoms. The van der Waals surface area contributed by atoms with Gasteiger partial charge in [-0.1, -0.05) is 6.07 Å². The molecule has 0 spiro atoms. The number of hydrogen-bond acceptors (Lipinski definition) is 5. The average Bonchev–Trinajstić information content (AvgIpc) is 2.69. The number of amides is 2. The topological polar surface area (TPSA) is 119 Å². The van der Waals surface area contributed by atoms with Crippen LogP contribution in [-0.2, 0) is 0 Å². The minimum atomic E-state index is -0.585. The van der Waals surface area contributed by atoms with Crippen LogP contribution in [0.2, 0.25) is 0 Å². The Morgan fingerprint density at radius 2 is 1.82 bits per heavy atom. The lowest BCUT2D eigenvalue weighted by Gasteiger charge is -2.30. The van der Waals surface area contributed by atoms with E-state index in [0.717, 1.165) is 32.4 Å². The van der Waals surface area contributed by atoms with Crippen LogP contribution in [-0.4, -0.2) is 29.8 Å². The number of nitrogens with one attached hydrogen (secondary N) is 1. The molecule has 1 aliphatic heterocycles. The van der Waals surface area contributed by atoms with Gasteiger partial charge in [-0.05, 0) is 49.9 Å². The number of nitro benzene ring substituents is 1. The minimum Gasteiger partial charge on any atom is -0.371 e. The summed E-state index contributed by atoms with van der Waals surface area (Å²) in [6.07, 6.45) is 3.15. The average molecular weight is 382 g/mol. The van der Waals surface area contributed by atoms with Crippen molar-refractivity contribution < 1.29 is 14.5 Å². The number of carbonyl (C=O) groups is 2. The summed E-state index contributed by atoms with van der Waals surface area (Å²) in [6.45, 7) is 3.29. The Hall–Kier alpha value is -3.42. The fraction of sp³-hybridized carbons (Fsp3) is 0.300. The largest absolute Gasteiger partial charge is 0.371 e. The van der Waals surface area contributed by atoms with Gasteiger partial charge >= 0.3 is 0 Å². The summed E-state index contributed by atoms with van der Waals surface area (Å²) in [5.41, 5.74) is 7.44. The maximum absolute atomic E-state index is 13.0. The van der Waals surface area contributed by atoms with Crippen molar-refractivity contribution in [3.05, 3.63) is 63.2 Å². The number of nitro groups is 1. The summed E-state index contributed by atoms with van der Waals surface area (Å²) in [7, 11) is 0. The van der Waals surface area contributed by atoms with Crippen LogP contribution in [0.3, 0.4) is 0 Å². The summed E-state index contributed by atoms with van der Waals surface area (Å²) in [5.74, 6) is -1.05. The van der Waals surface area contributed by atoms with E-state index >= 15 is 0 Å². The molecule has 8 nitrogen and oxygen atoms in total.